The van der Waals surface area contributed by atoms with Gasteiger partial charge in [-0.15, -0.1) is 0 Å². The number of nitrogens with two attached hydrogens (primary N) is 3. The molecule has 0 spiro atoms. The molecule has 0 saturated carbocycles. The van der Waals surface area contributed by atoms with E-state index in [1.807, 2.05) is 0 Å². The number of aromatic amines is 1. The molecule has 2 heterocycles. The number of rotatable bonds is 51. The molecule has 0 radical (unpaired) electrons. The quantitative estimate of drug-likeness (QED) is 0.00643. The van der Waals surface area contributed by atoms with Crippen molar-refractivity contribution in [2.24, 2.45) is 17.2 Å². The second-order valence-corrected chi connectivity index (χ2v) is 28.0. The number of aliphatic hydroxyl groups is 2. The summed E-state index contributed by atoms with van der Waals surface area (Å²) in [7, 11) is 1.61. The van der Waals surface area contributed by atoms with Crippen molar-refractivity contribution in [2.45, 2.75) is 182 Å². The third-order valence-electron chi connectivity index (χ3n) is 18.3. The first-order valence-electron chi connectivity index (χ1n) is 37.4. The third-order valence-corrected chi connectivity index (χ3v) is 19.0. The summed E-state index contributed by atoms with van der Waals surface area (Å²) >= 11 is 8.48. The van der Waals surface area contributed by atoms with Crippen LogP contribution in [0.15, 0.2) is 104 Å². The van der Waals surface area contributed by atoms with Crippen molar-refractivity contribution in [3.8, 4) is 0 Å². The Morgan fingerprint density at radius 2 is 0.913 bits per heavy atom. The molecule has 14 atom stereocenters. The molecular weight excluding hydrogens is 1540 g/mol. The Kier molecular flexibility index (Phi) is 40.7. The molecule has 1 saturated heterocycles. The van der Waals surface area contributed by atoms with Crippen molar-refractivity contribution in [2.75, 3.05) is 51.3 Å². The van der Waals surface area contributed by atoms with Gasteiger partial charge in [0.2, 0.25) is 76.8 Å². The number of nitrogens with one attached hydrogen (secondary N) is 16. The second kappa shape index (κ2) is 49.5. The predicted octanol–water partition coefficient (Wildman–Crippen LogP) is -6.30. The van der Waals surface area contributed by atoms with Gasteiger partial charge in [0, 0.05) is 55.6 Å². The van der Waals surface area contributed by atoms with Crippen LogP contribution in [0.25, 0.3) is 0 Å². The molecule has 0 aliphatic carbocycles. The van der Waals surface area contributed by atoms with Crippen LogP contribution in [0.1, 0.15) is 94.0 Å². The lowest BCUT2D eigenvalue weighted by atomic mass is 10.0. The largest absolute Gasteiger partial charge is 0.480 e. The van der Waals surface area contributed by atoms with Gasteiger partial charge in [-0.1, -0.05) is 97.4 Å². The zero-order valence-electron chi connectivity index (χ0n) is 64.0. The van der Waals surface area contributed by atoms with Crippen LogP contribution in [0.3, 0.4) is 0 Å². The van der Waals surface area contributed by atoms with Crippen molar-refractivity contribution in [3.63, 3.8) is 0 Å². The number of benzene rings is 3. The summed E-state index contributed by atoms with van der Waals surface area (Å²) in [6, 6.07) is 7.83. The molecule has 1 fully saturated rings. The SMILES string of the molecule is CNC(CCCCN)C(=O)NC(Cc1ccccc1)C(=O)NC(Cc1ccccc1)C(=O)NC(Cc1cnc[nH]1)C(=O)NC(CCCNC(=N)N)C(=O)NC(C(=O)NC(CS)C(=O)NC(CCCCN)C(=O)NC(CS)C(=O)NC(C(=O)NCC(=O)NC1CC(=O)N(C(Cc2ccccc2)C(=O)NCC(=O)O)C1=O)C(C)O)C(C)O. The molecule has 115 heavy (non-hydrogen) atoms. The first-order chi connectivity index (χ1) is 54.9. The van der Waals surface area contributed by atoms with Crippen LogP contribution in [-0.4, -0.2) is 261 Å². The smallest absolute Gasteiger partial charge is 0.322 e. The molecule has 1 aliphatic heterocycles. The first-order valence-corrected chi connectivity index (χ1v) is 38.7. The number of likely N-dealkylation sites (tertiary alicyclic amines) is 1. The van der Waals surface area contributed by atoms with Crippen LogP contribution in [0.2, 0.25) is 0 Å². The van der Waals surface area contributed by atoms with Crippen LogP contribution in [0.5, 0.6) is 0 Å². The fourth-order valence-electron chi connectivity index (χ4n) is 12.0. The van der Waals surface area contributed by atoms with Crippen molar-refractivity contribution in [3.05, 3.63) is 126 Å². The number of unbranched alkanes of at least 4 members (excludes halogenated alkanes) is 2. The van der Waals surface area contributed by atoms with Crippen molar-refractivity contribution in [1.29, 1.82) is 5.41 Å². The average Bonchev–Trinajstić information content (AvgIpc) is 1.65. The average molecular weight is 1640 g/mol. The highest BCUT2D eigenvalue weighted by Gasteiger charge is 2.46. The summed E-state index contributed by atoms with van der Waals surface area (Å²) in [5, 5.41) is 74.1. The highest BCUT2D eigenvalue weighted by atomic mass is 32.1. The van der Waals surface area contributed by atoms with E-state index in [2.05, 4.69) is 110 Å². The maximum atomic E-state index is 14.9. The minimum Gasteiger partial charge on any atom is -0.480 e. The van der Waals surface area contributed by atoms with E-state index < -0.39 is 210 Å². The number of thiol groups is 2. The number of aliphatic carboxylic acids is 1. The zero-order valence-corrected chi connectivity index (χ0v) is 65.8. The monoisotopic (exact) mass is 1640 g/mol. The number of imide groups is 1. The van der Waals surface area contributed by atoms with E-state index in [1.54, 1.807) is 98.0 Å². The van der Waals surface area contributed by atoms with Gasteiger partial charge >= 0.3 is 5.97 Å². The molecule has 41 heteroatoms. The summed E-state index contributed by atoms with van der Waals surface area (Å²) in [6.45, 7) is 1.10. The van der Waals surface area contributed by atoms with Gasteiger partial charge in [0.05, 0.1) is 37.5 Å². The Balaban J connectivity index is 1.28. The number of nitrogens with zero attached hydrogens (tertiary/aromatic N) is 2. The third kappa shape index (κ3) is 32.0. The number of carbonyl (C=O) groups is 15. The molecule has 0 bridgehead atoms. The van der Waals surface area contributed by atoms with Gasteiger partial charge in [0.15, 0.2) is 5.96 Å². The number of aromatic nitrogens is 2. The fourth-order valence-corrected chi connectivity index (χ4v) is 12.6. The van der Waals surface area contributed by atoms with Gasteiger partial charge in [0.1, 0.15) is 73.0 Å². The number of carboxylic acids is 1. The number of amides is 14. The van der Waals surface area contributed by atoms with Gasteiger partial charge in [0.25, 0.3) is 5.91 Å². The molecular formula is C74H107N21O18S2. The highest BCUT2D eigenvalue weighted by molar-refractivity contribution is 7.80. The molecule has 14 amide bonds. The number of hydrogen-bond acceptors (Lipinski definition) is 24. The van der Waals surface area contributed by atoms with E-state index in [0.717, 1.165) is 13.8 Å². The van der Waals surface area contributed by atoms with Gasteiger partial charge in [-0.3, -0.25) is 82.2 Å². The van der Waals surface area contributed by atoms with Crippen LogP contribution >= 0.6 is 25.3 Å². The van der Waals surface area contributed by atoms with Crippen molar-refractivity contribution < 1.29 is 87.2 Å². The lowest BCUT2D eigenvalue weighted by Gasteiger charge is -2.29. The maximum Gasteiger partial charge on any atom is 0.322 e. The molecule has 14 unspecified atom stereocenters. The molecule has 628 valence electrons. The Morgan fingerprint density at radius 3 is 1.37 bits per heavy atom. The first kappa shape index (κ1) is 94.5. The summed E-state index contributed by atoms with van der Waals surface area (Å²) < 4.78 is 0. The highest BCUT2D eigenvalue weighted by Crippen LogP contribution is 2.21. The van der Waals surface area contributed by atoms with Gasteiger partial charge in [-0.25, -0.2) is 4.98 Å². The normalized spacial score (nSPS) is 15.9. The lowest BCUT2D eigenvalue weighted by Crippen LogP contribution is -2.62. The van der Waals surface area contributed by atoms with Gasteiger partial charge in [-0.2, -0.15) is 25.3 Å². The van der Waals surface area contributed by atoms with Gasteiger partial charge in [-0.05, 0) is 95.6 Å². The van der Waals surface area contributed by atoms with E-state index in [-0.39, 0.29) is 64.5 Å². The van der Waals surface area contributed by atoms with E-state index in [4.69, 9.17) is 27.7 Å². The number of imidazole rings is 1. The number of aliphatic hydroxyl groups excluding tert-OH is 2. The Bertz CT molecular complexity index is 3910. The molecule has 1 aliphatic rings. The molecule has 39 nitrogen and oxygen atoms in total. The summed E-state index contributed by atoms with van der Waals surface area (Å²) in [6.07, 6.45) is 0.0353. The molecule has 1 aromatic heterocycles. The van der Waals surface area contributed by atoms with Crippen LogP contribution in [0.4, 0.5) is 0 Å². The standard InChI is InChI=1S/C74H107N21O18S2/c1-41(96)60(71(111)82-36-57(98)85-53-34-58(99)95(73(53)113)56(70(110)83-37-59(100)101)32-45-22-11-6-12-23-45)93-69(109)55(39-115)91-63(103)48(25-14-16-28-76)87-68(108)54(38-114)92-72(112)61(42(2)97)94-64(104)49(26-17-29-81-74(77)78)86-67(107)52(33-46-35-80-40-84-46)90-66(106)51(31-44-20-9-5-10-21-44)89-65(105)50(30-43-18-7-4-8-19-43)88-62(102)47(79-3)24-13-15-27-75/h4-12,18-23,35,40-42,47-56,60-61,79,96-97,114-115H,13-17,24-34,36-39,75-76H2,1-3H3,(H,80,84)(H,82,111)(H,83,110)(H,85,98)(H,86,107)(H,87,108)(H,88,102)(H,89,105)(H,90,106)(H,91,103)(H,92,112)(H,93,109)(H,94,104)(H,100,101)(H4,77,78,81). The molecule has 25 N–H and O–H groups in total. The predicted molar refractivity (Wildman–Crippen MR) is 425 cm³/mol. The number of H-pyrrole nitrogens is 1. The molecule has 3 aromatic carbocycles. The number of carboxylic acid groups (broad SMARTS) is 1. The lowest BCUT2D eigenvalue weighted by molar-refractivity contribution is -0.147. The Labute approximate surface area is 675 Å². The minimum absolute atomic E-state index is 0.00982. The Morgan fingerprint density at radius 1 is 0.513 bits per heavy atom. The van der Waals surface area contributed by atoms with Crippen LogP contribution < -0.4 is 91.6 Å². The van der Waals surface area contributed by atoms with Crippen LogP contribution in [0, 0.1) is 5.41 Å². The van der Waals surface area contributed by atoms with Crippen molar-refractivity contribution >= 4 is 120 Å². The van der Waals surface area contributed by atoms with E-state index in [1.165, 1.54) is 12.5 Å². The zero-order chi connectivity index (χ0) is 84.7. The number of hydrogen-bond donors (Lipinski definition) is 24. The van der Waals surface area contributed by atoms with E-state index in [9.17, 15) is 82.1 Å². The Hall–Kier alpha value is -11.1. The van der Waals surface area contributed by atoms with Crippen LogP contribution in [-0.2, 0) is 97.6 Å². The minimum atomic E-state index is -1.89. The summed E-state index contributed by atoms with van der Waals surface area (Å²) in [5.74, 6) is -16.1. The topological polar surface area (TPSA) is 619 Å². The number of likely N-dealkylation sites (N-methyl/N-ethyl adjacent to an activating group) is 1. The number of guanidine groups is 1. The summed E-state index contributed by atoms with van der Waals surface area (Å²) in [5.41, 5.74) is 19.2. The van der Waals surface area contributed by atoms with Gasteiger partial charge < -0.3 is 112 Å². The number of carbonyl (C=O) groups excluding carboxylic acids is 14. The molecule has 5 rings (SSSR count). The second-order valence-electron chi connectivity index (χ2n) is 27.3. The molecule has 4 aromatic rings. The maximum absolute atomic E-state index is 14.9. The van der Waals surface area contributed by atoms with E-state index in [0.29, 0.717) is 59.5 Å². The summed E-state index contributed by atoms with van der Waals surface area (Å²) in [4.78, 5) is 215. The fraction of sp³-hybridized carbons (Fsp3) is 0.500. The van der Waals surface area contributed by atoms with E-state index >= 15 is 0 Å². The van der Waals surface area contributed by atoms with Crippen molar-refractivity contribution in [1.82, 2.24) is 89.3 Å².